The number of furan rings is 1. The SMILES string of the molecule is NC(=O)C1CCN(C(=O)NC[C@H](c2ccco2)N2CCCC2)CC1. The van der Waals surface area contributed by atoms with E-state index in [1.807, 2.05) is 12.1 Å². The van der Waals surface area contributed by atoms with E-state index in [0.29, 0.717) is 32.5 Å². The lowest BCUT2D eigenvalue weighted by atomic mass is 9.96. The van der Waals surface area contributed by atoms with Gasteiger partial charge in [0.15, 0.2) is 0 Å². The molecule has 0 bridgehead atoms. The van der Waals surface area contributed by atoms with Crippen molar-refractivity contribution in [2.45, 2.75) is 31.7 Å². The van der Waals surface area contributed by atoms with Crippen molar-refractivity contribution in [2.24, 2.45) is 11.7 Å². The van der Waals surface area contributed by atoms with Gasteiger partial charge in [0.25, 0.3) is 0 Å². The third-order valence-electron chi connectivity index (χ3n) is 5.08. The summed E-state index contributed by atoms with van der Waals surface area (Å²) in [5.74, 6) is 0.529. The number of hydrogen-bond donors (Lipinski definition) is 2. The molecule has 2 fully saturated rings. The van der Waals surface area contributed by atoms with Gasteiger partial charge >= 0.3 is 6.03 Å². The van der Waals surface area contributed by atoms with Gasteiger partial charge in [0.1, 0.15) is 5.76 Å². The van der Waals surface area contributed by atoms with Crippen LogP contribution >= 0.6 is 0 Å². The second-order valence-electron chi connectivity index (χ2n) is 6.62. The Morgan fingerprint density at radius 2 is 1.96 bits per heavy atom. The largest absolute Gasteiger partial charge is 0.468 e. The minimum Gasteiger partial charge on any atom is -0.468 e. The maximum absolute atomic E-state index is 12.4. The molecular weight excluding hydrogens is 308 g/mol. The monoisotopic (exact) mass is 334 g/mol. The zero-order chi connectivity index (χ0) is 16.9. The van der Waals surface area contributed by atoms with Crippen LogP contribution in [0.15, 0.2) is 22.8 Å². The first kappa shape index (κ1) is 16.8. The minimum absolute atomic E-state index is 0.0753. The lowest BCUT2D eigenvalue weighted by Gasteiger charge is -2.32. The number of piperidine rings is 1. The number of amides is 3. The number of rotatable bonds is 5. The summed E-state index contributed by atoms with van der Waals surface area (Å²) >= 11 is 0. The van der Waals surface area contributed by atoms with Crippen LogP contribution in [0.1, 0.15) is 37.5 Å². The van der Waals surface area contributed by atoms with Gasteiger partial charge in [-0.15, -0.1) is 0 Å². The third kappa shape index (κ3) is 3.90. The van der Waals surface area contributed by atoms with Crippen LogP contribution in [0.25, 0.3) is 0 Å². The molecule has 1 aromatic heterocycles. The number of hydrogen-bond acceptors (Lipinski definition) is 4. The number of urea groups is 1. The van der Waals surface area contributed by atoms with Gasteiger partial charge in [-0.2, -0.15) is 0 Å². The lowest BCUT2D eigenvalue weighted by Crippen LogP contribution is -2.48. The van der Waals surface area contributed by atoms with Crippen molar-refractivity contribution in [2.75, 3.05) is 32.7 Å². The predicted molar refractivity (Wildman–Crippen MR) is 89.1 cm³/mol. The van der Waals surface area contributed by atoms with Crippen molar-refractivity contribution in [1.29, 1.82) is 0 Å². The van der Waals surface area contributed by atoms with E-state index < -0.39 is 0 Å². The zero-order valence-corrected chi connectivity index (χ0v) is 13.9. The van der Waals surface area contributed by atoms with Crippen LogP contribution in [0.3, 0.4) is 0 Å². The van der Waals surface area contributed by atoms with Crippen molar-refractivity contribution in [1.82, 2.24) is 15.1 Å². The minimum atomic E-state index is -0.262. The summed E-state index contributed by atoms with van der Waals surface area (Å²) in [6.45, 7) is 3.75. The number of primary amides is 1. The molecule has 2 saturated heterocycles. The van der Waals surface area contributed by atoms with E-state index in [9.17, 15) is 9.59 Å². The van der Waals surface area contributed by atoms with Gasteiger partial charge in [0.05, 0.1) is 12.3 Å². The highest BCUT2D eigenvalue weighted by Gasteiger charge is 2.29. The molecule has 3 N–H and O–H groups in total. The van der Waals surface area contributed by atoms with Gasteiger partial charge in [0.2, 0.25) is 5.91 Å². The van der Waals surface area contributed by atoms with Crippen LogP contribution in [-0.4, -0.2) is 54.5 Å². The molecule has 0 saturated carbocycles. The van der Waals surface area contributed by atoms with E-state index in [4.69, 9.17) is 10.2 Å². The maximum Gasteiger partial charge on any atom is 0.317 e. The molecule has 0 unspecified atom stereocenters. The van der Waals surface area contributed by atoms with Gasteiger partial charge in [-0.3, -0.25) is 9.69 Å². The molecule has 2 aliphatic heterocycles. The Balaban J connectivity index is 1.53. The Hall–Kier alpha value is -2.02. The van der Waals surface area contributed by atoms with Crippen LogP contribution in [0.4, 0.5) is 4.79 Å². The summed E-state index contributed by atoms with van der Waals surface area (Å²) in [4.78, 5) is 27.8. The van der Waals surface area contributed by atoms with Crippen LogP contribution in [0.5, 0.6) is 0 Å². The number of nitrogens with one attached hydrogen (secondary N) is 1. The average molecular weight is 334 g/mol. The van der Waals surface area contributed by atoms with E-state index in [-0.39, 0.29) is 23.9 Å². The molecule has 3 rings (SSSR count). The standard InChI is InChI=1S/C17H26N4O3/c18-16(22)13-5-9-21(10-6-13)17(23)19-12-14(15-4-3-11-24-15)20-7-1-2-8-20/h3-4,11,13-14H,1-2,5-10,12H2,(H2,18,22)(H,19,23)/t14-/m1/s1. The Morgan fingerprint density at radius 3 is 2.54 bits per heavy atom. The quantitative estimate of drug-likeness (QED) is 0.849. The van der Waals surface area contributed by atoms with Gasteiger partial charge in [0, 0.05) is 25.6 Å². The molecule has 24 heavy (non-hydrogen) atoms. The van der Waals surface area contributed by atoms with Crippen molar-refractivity contribution >= 4 is 11.9 Å². The predicted octanol–water partition coefficient (Wildman–Crippen LogP) is 1.32. The highest BCUT2D eigenvalue weighted by molar-refractivity contribution is 5.78. The molecule has 1 aromatic rings. The van der Waals surface area contributed by atoms with Crippen molar-refractivity contribution in [3.63, 3.8) is 0 Å². The lowest BCUT2D eigenvalue weighted by molar-refractivity contribution is -0.123. The van der Waals surface area contributed by atoms with E-state index in [1.54, 1.807) is 11.2 Å². The van der Waals surface area contributed by atoms with Crippen molar-refractivity contribution in [3.05, 3.63) is 24.2 Å². The third-order valence-corrected chi connectivity index (χ3v) is 5.08. The highest BCUT2D eigenvalue weighted by atomic mass is 16.3. The van der Waals surface area contributed by atoms with Gasteiger partial charge in [-0.25, -0.2) is 4.79 Å². The van der Waals surface area contributed by atoms with E-state index in [1.165, 1.54) is 12.8 Å². The molecule has 7 heteroatoms. The number of carbonyl (C=O) groups is 2. The Morgan fingerprint density at radius 1 is 1.25 bits per heavy atom. The first-order chi connectivity index (χ1) is 11.6. The normalized spacial score (nSPS) is 20.9. The number of carbonyl (C=O) groups excluding carboxylic acids is 2. The highest BCUT2D eigenvalue weighted by Crippen LogP contribution is 2.25. The molecule has 0 radical (unpaired) electrons. The van der Waals surface area contributed by atoms with Crippen molar-refractivity contribution in [3.8, 4) is 0 Å². The number of likely N-dealkylation sites (tertiary alicyclic amines) is 2. The maximum atomic E-state index is 12.4. The molecule has 1 atom stereocenters. The molecule has 132 valence electrons. The summed E-state index contributed by atoms with van der Waals surface area (Å²) < 4.78 is 5.57. The van der Waals surface area contributed by atoms with Gasteiger partial charge < -0.3 is 20.4 Å². The Kier molecular flexibility index (Phi) is 5.40. The van der Waals surface area contributed by atoms with Gasteiger partial charge in [-0.05, 0) is 50.9 Å². The second kappa shape index (κ2) is 7.70. The van der Waals surface area contributed by atoms with Crippen LogP contribution in [0, 0.1) is 5.92 Å². The molecule has 3 amide bonds. The van der Waals surface area contributed by atoms with Crippen LogP contribution in [-0.2, 0) is 4.79 Å². The molecule has 0 spiro atoms. The van der Waals surface area contributed by atoms with Crippen molar-refractivity contribution < 1.29 is 14.0 Å². The summed E-state index contributed by atoms with van der Waals surface area (Å²) in [6.07, 6.45) is 5.35. The second-order valence-corrected chi connectivity index (χ2v) is 6.62. The topological polar surface area (TPSA) is 91.8 Å². The van der Waals surface area contributed by atoms with E-state index >= 15 is 0 Å². The summed E-state index contributed by atoms with van der Waals surface area (Å²) in [5.41, 5.74) is 5.34. The summed E-state index contributed by atoms with van der Waals surface area (Å²) in [6, 6.07) is 3.85. The van der Waals surface area contributed by atoms with Crippen LogP contribution < -0.4 is 11.1 Å². The smallest absolute Gasteiger partial charge is 0.317 e. The molecular formula is C17H26N4O3. The average Bonchev–Trinajstić information content (AvgIpc) is 3.29. The molecule has 2 aliphatic rings. The van der Waals surface area contributed by atoms with Crippen LogP contribution in [0.2, 0.25) is 0 Å². The summed E-state index contributed by atoms with van der Waals surface area (Å²) in [7, 11) is 0. The Labute approximate surface area is 142 Å². The number of nitrogens with two attached hydrogens (primary N) is 1. The molecule has 0 aliphatic carbocycles. The summed E-state index contributed by atoms with van der Waals surface area (Å²) in [5, 5.41) is 3.03. The van der Waals surface area contributed by atoms with Gasteiger partial charge in [-0.1, -0.05) is 0 Å². The first-order valence-electron chi connectivity index (χ1n) is 8.74. The molecule has 7 nitrogen and oxygen atoms in total. The number of nitrogens with zero attached hydrogens (tertiary/aromatic N) is 2. The molecule has 0 aromatic carbocycles. The fourth-order valence-corrected chi connectivity index (χ4v) is 3.61. The van der Waals surface area contributed by atoms with E-state index in [0.717, 1.165) is 18.8 Å². The fraction of sp³-hybridized carbons (Fsp3) is 0.647. The molecule has 3 heterocycles. The fourth-order valence-electron chi connectivity index (χ4n) is 3.61. The first-order valence-corrected chi connectivity index (χ1v) is 8.74. The van der Waals surface area contributed by atoms with E-state index in [2.05, 4.69) is 10.2 Å². The Bertz CT molecular complexity index is 546. The zero-order valence-electron chi connectivity index (χ0n) is 13.9.